The average molecular weight is 685 g/mol. The monoisotopic (exact) mass is 684 g/mol. The molecule has 6 rings (SSSR count). The van der Waals surface area contributed by atoms with Crippen LogP contribution in [0.5, 0.6) is 11.5 Å². The third-order valence-corrected chi connectivity index (χ3v) is 8.31. The van der Waals surface area contributed by atoms with E-state index in [1.54, 1.807) is 12.2 Å². The van der Waals surface area contributed by atoms with E-state index in [0.717, 1.165) is 57.3 Å². The highest BCUT2D eigenvalue weighted by atomic mass is 32.2. The molecule has 240 valence electrons. The number of carbonyl (C=O) groups excluding carboxylic acids is 4. The molecule has 2 fully saturated rings. The lowest BCUT2D eigenvalue weighted by molar-refractivity contribution is -0.116. The number of imide groups is 2. The Morgan fingerprint density at radius 3 is 1.17 bits per heavy atom. The highest BCUT2D eigenvalue weighted by Gasteiger charge is 2.25. The van der Waals surface area contributed by atoms with Crippen LogP contribution in [-0.4, -0.2) is 22.3 Å². The molecule has 2 saturated heterocycles. The van der Waals surface area contributed by atoms with E-state index in [-0.39, 0.29) is 32.2 Å². The van der Waals surface area contributed by atoms with Crippen molar-refractivity contribution < 1.29 is 28.7 Å². The van der Waals surface area contributed by atoms with Gasteiger partial charge in [-0.3, -0.25) is 29.8 Å². The molecule has 4 aromatic carbocycles. The van der Waals surface area contributed by atoms with Gasteiger partial charge in [-0.1, -0.05) is 83.9 Å². The lowest BCUT2D eigenvalue weighted by atomic mass is 10.1. The number of nitrogens with one attached hydrogen (secondary N) is 2. The molecule has 2 heterocycles. The van der Waals surface area contributed by atoms with Crippen molar-refractivity contribution in [1.29, 1.82) is 0 Å². The van der Waals surface area contributed by atoms with Gasteiger partial charge in [-0.25, -0.2) is 0 Å². The Morgan fingerprint density at radius 2 is 0.872 bits per heavy atom. The van der Waals surface area contributed by atoms with E-state index < -0.39 is 0 Å². The Hall–Kier alpha value is -4.63. The van der Waals surface area contributed by atoms with Crippen LogP contribution in [0.3, 0.4) is 0 Å². The summed E-state index contributed by atoms with van der Waals surface area (Å²) in [5.74, 6) is 0.819. The summed E-state index contributed by atoms with van der Waals surface area (Å²) in [4.78, 5) is 46.0. The molecule has 0 radical (unpaired) electrons. The fourth-order valence-corrected chi connectivity index (χ4v) is 5.53. The maximum Gasteiger partial charge on any atom is 0.290 e. The molecule has 0 aliphatic carbocycles. The van der Waals surface area contributed by atoms with Gasteiger partial charge in [0.05, 0.1) is 9.81 Å². The summed E-state index contributed by atoms with van der Waals surface area (Å²) in [5.41, 5.74) is 6.36. The van der Waals surface area contributed by atoms with Crippen LogP contribution in [0, 0.1) is 13.8 Å². The zero-order chi connectivity index (χ0) is 32.5. The summed E-state index contributed by atoms with van der Waals surface area (Å²) in [7, 11) is 0. The maximum atomic E-state index is 11.5. The summed E-state index contributed by atoms with van der Waals surface area (Å²) >= 11 is 1.82. The van der Waals surface area contributed by atoms with Gasteiger partial charge in [-0.15, -0.1) is 0 Å². The van der Waals surface area contributed by atoms with Crippen molar-refractivity contribution in [2.75, 3.05) is 0 Å². The van der Waals surface area contributed by atoms with Crippen LogP contribution in [0.2, 0.25) is 0 Å². The lowest BCUT2D eigenvalue weighted by Gasteiger charge is -2.07. The molecule has 4 aromatic rings. The Bertz CT molecular complexity index is 1670. The van der Waals surface area contributed by atoms with E-state index in [9.17, 15) is 19.2 Å². The summed E-state index contributed by atoms with van der Waals surface area (Å²) in [5, 5.41) is 3.80. The maximum absolute atomic E-state index is 11.5. The van der Waals surface area contributed by atoms with Crippen LogP contribution >= 0.6 is 33.4 Å². The molecule has 8 nitrogen and oxygen atoms in total. The van der Waals surface area contributed by atoms with Gasteiger partial charge in [-0.05, 0) is 96.0 Å². The lowest BCUT2D eigenvalue weighted by Crippen LogP contribution is -2.17. The van der Waals surface area contributed by atoms with Crippen LogP contribution in [0.25, 0.3) is 12.2 Å². The fourth-order valence-electron chi connectivity index (χ4n) is 4.17. The van der Waals surface area contributed by atoms with E-state index in [0.29, 0.717) is 23.0 Å². The number of hydrogen-bond donors (Lipinski definition) is 2. The number of benzene rings is 4. The zero-order valence-corrected chi connectivity index (χ0v) is 28.8. The summed E-state index contributed by atoms with van der Waals surface area (Å²) in [6.07, 6.45) is 3.38. The summed E-state index contributed by atoms with van der Waals surface area (Å²) < 4.78 is 11.5. The van der Waals surface area contributed by atoms with Gasteiger partial charge in [0.1, 0.15) is 24.7 Å². The van der Waals surface area contributed by atoms with Crippen LogP contribution < -0.4 is 20.1 Å². The van der Waals surface area contributed by atoms with Crippen molar-refractivity contribution in [2.24, 2.45) is 0 Å². The van der Waals surface area contributed by atoms with Crippen molar-refractivity contribution in [1.82, 2.24) is 10.6 Å². The summed E-state index contributed by atoms with van der Waals surface area (Å²) in [6.45, 7) is 5.11. The first-order valence-corrected chi connectivity index (χ1v) is 15.9. The second-order valence-corrected chi connectivity index (χ2v) is 12.4. The van der Waals surface area contributed by atoms with Crippen molar-refractivity contribution in [3.8, 4) is 11.5 Å². The molecule has 1 atom stereocenters. The molecule has 1 unspecified atom stereocenters. The van der Waals surface area contributed by atoms with E-state index in [1.165, 1.54) is 11.1 Å². The Balaban J connectivity index is 0.000000208. The van der Waals surface area contributed by atoms with Crippen molar-refractivity contribution in [3.05, 3.63) is 140 Å². The molecule has 4 amide bonds. The Kier molecular flexibility index (Phi) is 12.6. The SMILES string of the molecule is Cc1ccc(COc2ccc(C=C3SC(=O)NC3=O)cc2)cc1.Cc1ccc(COc2ccc(C=C3SC(=O)NC3=O)cc2)cc1.P. The van der Waals surface area contributed by atoms with Gasteiger partial charge in [0, 0.05) is 0 Å². The highest BCUT2D eigenvalue weighted by Crippen LogP contribution is 2.27. The van der Waals surface area contributed by atoms with Crippen LogP contribution in [0.15, 0.2) is 107 Å². The van der Waals surface area contributed by atoms with Crippen molar-refractivity contribution in [2.45, 2.75) is 27.1 Å². The standard InChI is InChI=1S/2C18H15NO3S.H3P/c2*1-12-2-4-14(5-3-12)11-22-15-8-6-13(7-9-15)10-16-17(20)19-18(21)23-16;/h2*2-10H,11H2,1H3,(H,19,20,21);1H3. The van der Waals surface area contributed by atoms with Gasteiger partial charge in [-0.2, -0.15) is 9.90 Å². The zero-order valence-electron chi connectivity index (χ0n) is 25.8. The topological polar surface area (TPSA) is 111 Å². The van der Waals surface area contributed by atoms with Crippen molar-refractivity contribution in [3.63, 3.8) is 0 Å². The van der Waals surface area contributed by atoms with Gasteiger partial charge < -0.3 is 9.47 Å². The highest BCUT2D eigenvalue weighted by molar-refractivity contribution is 8.18. The minimum atomic E-state index is -0.348. The molecule has 0 saturated carbocycles. The van der Waals surface area contributed by atoms with Crippen LogP contribution in [0.4, 0.5) is 9.59 Å². The number of rotatable bonds is 8. The molecule has 2 N–H and O–H groups in total. The molecule has 11 heteroatoms. The number of carbonyl (C=O) groups is 4. The molecular weight excluding hydrogens is 652 g/mol. The van der Waals surface area contributed by atoms with Crippen LogP contribution in [0.1, 0.15) is 33.4 Å². The first kappa shape index (κ1) is 35.2. The van der Waals surface area contributed by atoms with Crippen molar-refractivity contribution >= 4 is 67.9 Å². The predicted molar refractivity (Wildman–Crippen MR) is 193 cm³/mol. The van der Waals surface area contributed by atoms with E-state index in [4.69, 9.17) is 9.47 Å². The molecule has 0 bridgehead atoms. The van der Waals surface area contributed by atoms with E-state index in [2.05, 4.69) is 34.9 Å². The second kappa shape index (κ2) is 16.8. The van der Waals surface area contributed by atoms with E-state index >= 15 is 0 Å². The Labute approximate surface area is 285 Å². The largest absolute Gasteiger partial charge is 0.489 e. The van der Waals surface area contributed by atoms with Gasteiger partial charge in [0.2, 0.25) is 0 Å². The van der Waals surface area contributed by atoms with E-state index in [1.807, 2.05) is 86.6 Å². The average Bonchev–Trinajstić information content (AvgIpc) is 3.54. The smallest absolute Gasteiger partial charge is 0.290 e. The van der Waals surface area contributed by atoms with Gasteiger partial charge in [0.25, 0.3) is 22.3 Å². The minimum absolute atomic E-state index is 0. The molecule has 0 spiro atoms. The molecule has 2 aliphatic rings. The summed E-state index contributed by atoms with van der Waals surface area (Å²) in [6, 6.07) is 31.2. The quantitative estimate of drug-likeness (QED) is 0.143. The second-order valence-electron chi connectivity index (χ2n) is 10.4. The molecule has 0 aromatic heterocycles. The normalized spacial score (nSPS) is 15.4. The molecule has 2 aliphatic heterocycles. The number of thioether (sulfide) groups is 2. The fraction of sp³-hybridized carbons (Fsp3) is 0.111. The van der Waals surface area contributed by atoms with Crippen LogP contribution in [-0.2, 0) is 22.8 Å². The number of amides is 4. The first-order chi connectivity index (χ1) is 22.2. The Morgan fingerprint density at radius 1 is 0.532 bits per heavy atom. The predicted octanol–water partition coefficient (Wildman–Crippen LogP) is 7.85. The number of hydrogen-bond acceptors (Lipinski definition) is 8. The number of ether oxygens (including phenoxy) is 2. The van der Waals surface area contributed by atoms with Gasteiger partial charge in [0.15, 0.2) is 0 Å². The van der Waals surface area contributed by atoms with Gasteiger partial charge >= 0.3 is 0 Å². The molecule has 47 heavy (non-hydrogen) atoms. The first-order valence-electron chi connectivity index (χ1n) is 14.3. The third-order valence-electron chi connectivity index (χ3n) is 6.69. The molecular formula is C36H33N2O6PS2. The minimum Gasteiger partial charge on any atom is -0.489 e. The third kappa shape index (κ3) is 10.7. The number of aryl methyl sites for hydroxylation is 2.